The van der Waals surface area contributed by atoms with Crippen LogP contribution in [0.3, 0.4) is 0 Å². The van der Waals surface area contributed by atoms with Gasteiger partial charge in [0.15, 0.2) is 0 Å². The van der Waals surface area contributed by atoms with E-state index in [-0.39, 0.29) is 0 Å². The number of aromatic nitrogens is 6. The number of imidazole rings is 1. The number of nitrogens with one attached hydrogen (secondary N) is 1. The molecule has 0 atom stereocenters. The van der Waals surface area contributed by atoms with Crippen molar-refractivity contribution in [1.82, 2.24) is 29.1 Å². The average Bonchev–Trinajstić information content (AvgIpc) is 3.31. The Kier molecular flexibility index (Phi) is 3.79. The fraction of sp³-hybridized carbons (Fsp3) is 0.143. The maximum atomic E-state index is 4.78. The maximum absolute atomic E-state index is 4.78. The van der Waals surface area contributed by atoms with E-state index in [2.05, 4.69) is 50.1 Å². The van der Waals surface area contributed by atoms with Gasteiger partial charge >= 0.3 is 0 Å². The van der Waals surface area contributed by atoms with Crippen LogP contribution in [0.1, 0.15) is 11.4 Å². The van der Waals surface area contributed by atoms with Crippen LogP contribution < -0.4 is 5.32 Å². The molecule has 1 N–H and O–H groups in total. The van der Waals surface area contributed by atoms with Crippen LogP contribution in [0.5, 0.6) is 0 Å². The Hall–Kier alpha value is -3.74. The Labute approximate surface area is 161 Å². The maximum Gasteiger partial charge on any atom is 0.254 e. The van der Waals surface area contributed by atoms with Gasteiger partial charge in [0.2, 0.25) is 0 Å². The number of nitrogens with zero attached hydrogens (tertiary/aromatic N) is 6. The van der Waals surface area contributed by atoms with Gasteiger partial charge in [0.1, 0.15) is 18.0 Å². The van der Waals surface area contributed by atoms with Crippen LogP contribution >= 0.6 is 0 Å². The van der Waals surface area contributed by atoms with Gasteiger partial charge in [-0.25, -0.2) is 9.97 Å². The van der Waals surface area contributed by atoms with Gasteiger partial charge in [-0.05, 0) is 24.6 Å². The van der Waals surface area contributed by atoms with Gasteiger partial charge in [-0.1, -0.05) is 36.4 Å². The molecule has 0 radical (unpaired) electrons. The third-order valence-corrected chi connectivity index (χ3v) is 4.88. The first-order valence-electron chi connectivity index (χ1n) is 9.11. The second kappa shape index (κ2) is 6.45. The van der Waals surface area contributed by atoms with E-state index < -0.39 is 0 Å². The third kappa shape index (κ3) is 2.77. The topological polar surface area (TPSA) is 72.9 Å². The van der Waals surface area contributed by atoms with Gasteiger partial charge in [-0.3, -0.25) is 0 Å². The van der Waals surface area contributed by atoms with Crippen LogP contribution in [-0.2, 0) is 13.6 Å². The van der Waals surface area contributed by atoms with Crippen molar-refractivity contribution in [3.05, 3.63) is 72.3 Å². The smallest absolute Gasteiger partial charge is 0.254 e. The van der Waals surface area contributed by atoms with E-state index in [1.807, 2.05) is 43.4 Å². The predicted octanol–water partition coefficient (Wildman–Crippen LogP) is 3.60. The van der Waals surface area contributed by atoms with Crippen molar-refractivity contribution < 1.29 is 0 Å². The monoisotopic (exact) mass is 369 g/mol. The zero-order chi connectivity index (χ0) is 19.1. The van der Waals surface area contributed by atoms with E-state index in [1.54, 1.807) is 4.52 Å². The van der Waals surface area contributed by atoms with Gasteiger partial charge < -0.3 is 9.88 Å². The summed E-state index contributed by atoms with van der Waals surface area (Å²) in [6, 6.07) is 18.4. The summed E-state index contributed by atoms with van der Waals surface area (Å²) in [5.41, 5.74) is 5.22. The molecular weight excluding hydrogens is 350 g/mol. The Morgan fingerprint density at radius 3 is 2.71 bits per heavy atom. The Morgan fingerprint density at radius 1 is 1.00 bits per heavy atom. The SMILES string of the molecule is Cc1ccc2c(c1)nc(CNc1cc(-c3ccccc3)nc3ncnn13)n2C. The average molecular weight is 369 g/mol. The molecule has 7 nitrogen and oxygen atoms in total. The van der Waals surface area contributed by atoms with Crippen LogP contribution in [-0.4, -0.2) is 29.1 Å². The minimum atomic E-state index is 0.560. The zero-order valence-electron chi connectivity index (χ0n) is 15.7. The van der Waals surface area contributed by atoms with E-state index in [0.29, 0.717) is 12.3 Å². The van der Waals surface area contributed by atoms with Crippen molar-refractivity contribution in [3.8, 4) is 11.3 Å². The van der Waals surface area contributed by atoms with Crippen LogP contribution in [0, 0.1) is 6.92 Å². The minimum absolute atomic E-state index is 0.560. The highest BCUT2D eigenvalue weighted by atomic mass is 15.4. The molecule has 5 aromatic rings. The van der Waals surface area contributed by atoms with E-state index in [0.717, 1.165) is 33.9 Å². The fourth-order valence-corrected chi connectivity index (χ4v) is 3.38. The summed E-state index contributed by atoms with van der Waals surface area (Å²) in [5, 5.41) is 7.75. The largest absolute Gasteiger partial charge is 0.363 e. The second-order valence-corrected chi connectivity index (χ2v) is 6.80. The quantitative estimate of drug-likeness (QED) is 0.524. The summed E-state index contributed by atoms with van der Waals surface area (Å²) >= 11 is 0. The number of fused-ring (bicyclic) bond motifs is 2. The summed E-state index contributed by atoms with van der Waals surface area (Å²) in [7, 11) is 2.04. The standard InChI is InChI=1S/C21H19N7/c1-14-8-9-18-17(10-14)25-20(27(18)2)12-22-19-11-16(15-6-4-3-5-7-15)26-21-23-13-24-28(19)21/h3-11,13,22H,12H2,1-2H3. The van der Waals surface area contributed by atoms with E-state index in [9.17, 15) is 0 Å². The van der Waals surface area contributed by atoms with Crippen LogP contribution in [0.4, 0.5) is 5.82 Å². The van der Waals surface area contributed by atoms with Gasteiger partial charge in [-0.2, -0.15) is 14.6 Å². The first-order valence-corrected chi connectivity index (χ1v) is 9.11. The Morgan fingerprint density at radius 2 is 1.86 bits per heavy atom. The van der Waals surface area contributed by atoms with Crippen molar-refractivity contribution in [2.45, 2.75) is 13.5 Å². The number of anilines is 1. The summed E-state index contributed by atoms with van der Waals surface area (Å²) in [6.07, 6.45) is 1.51. The van der Waals surface area contributed by atoms with Gasteiger partial charge in [-0.15, -0.1) is 0 Å². The molecule has 0 amide bonds. The van der Waals surface area contributed by atoms with Gasteiger partial charge in [0.05, 0.1) is 23.3 Å². The minimum Gasteiger partial charge on any atom is -0.363 e. The van der Waals surface area contributed by atoms with Crippen molar-refractivity contribution >= 4 is 22.6 Å². The summed E-state index contributed by atoms with van der Waals surface area (Å²) in [5.74, 6) is 2.33. The molecule has 5 rings (SSSR count). The molecule has 0 aliphatic heterocycles. The summed E-state index contributed by atoms with van der Waals surface area (Å²) in [4.78, 5) is 13.7. The van der Waals surface area contributed by atoms with Crippen LogP contribution in [0.25, 0.3) is 28.1 Å². The fourth-order valence-electron chi connectivity index (χ4n) is 3.38. The lowest BCUT2D eigenvalue weighted by molar-refractivity contribution is 0.823. The predicted molar refractivity (Wildman–Crippen MR) is 109 cm³/mol. The number of rotatable bonds is 4. The number of hydrogen-bond donors (Lipinski definition) is 1. The molecule has 0 bridgehead atoms. The molecule has 0 aliphatic rings. The first-order chi connectivity index (χ1) is 13.7. The molecule has 0 aliphatic carbocycles. The van der Waals surface area contributed by atoms with E-state index in [1.165, 1.54) is 11.9 Å². The summed E-state index contributed by atoms with van der Waals surface area (Å²) in [6.45, 7) is 2.65. The molecular formula is C21H19N7. The van der Waals surface area contributed by atoms with E-state index >= 15 is 0 Å². The van der Waals surface area contributed by atoms with Gasteiger partial charge in [0.25, 0.3) is 5.78 Å². The lowest BCUT2D eigenvalue weighted by Gasteiger charge is -2.10. The second-order valence-electron chi connectivity index (χ2n) is 6.80. The number of aryl methyl sites for hydroxylation is 2. The highest BCUT2D eigenvalue weighted by molar-refractivity contribution is 5.76. The molecule has 0 fully saturated rings. The number of hydrogen-bond acceptors (Lipinski definition) is 5. The highest BCUT2D eigenvalue weighted by Gasteiger charge is 2.12. The molecule has 0 unspecified atom stereocenters. The molecule has 0 saturated heterocycles. The first kappa shape index (κ1) is 16.4. The van der Waals surface area contributed by atoms with Crippen molar-refractivity contribution in [3.63, 3.8) is 0 Å². The molecule has 0 spiro atoms. The molecule has 138 valence electrons. The van der Waals surface area contributed by atoms with Crippen molar-refractivity contribution in [1.29, 1.82) is 0 Å². The van der Waals surface area contributed by atoms with Crippen molar-refractivity contribution in [2.24, 2.45) is 7.05 Å². The van der Waals surface area contributed by atoms with Crippen LogP contribution in [0.2, 0.25) is 0 Å². The normalized spacial score (nSPS) is 11.4. The molecule has 3 aromatic heterocycles. The van der Waals surface area contributed by atoms with Crippen LogP contribution in [0.15, 0.2) is 60.9 Å². The zero-order valence-corrected chi connectivity index (χ0v) is 15.7. The molecule has 3 heterocycles. The third-order valence-electron chi connectivity index (χ3n) is 4.88. The number of benzene rings is 2. The Balaban J connectivity index is 1.52. The lowest BCUT2D eigenvalue weighted by Crippen LogP contribution is -2.10. The van der Waals surface area contributed by atoms with Gasteiger partial charge in [0, 0.05) is 18.7 Å². The summed E-state index contributed by atoms with van der Waals surface area (Å²) < 4.78 is 3.82. The molecule has 7 heteroatoms. The lowest BCUT2D eigenvalue weighted by atomic mass is 10.1. The van der Waals surface area contributed by atoms with Crippen molar-refractivity contribution in [2.75, 3.05) is 5.32 Å². The molecule has 2 aromatic carbocycles. The molecule has 0 saturated carbocycles. The highest BCUT2D eigenvalue weighted by Crippen LogP contribution is 2.22. The Bertz CT molecular complexity index is 1280. The molecule has 28 heavy (non-hydrogen) atoms. The van der Waals surface area contributed by atoms with E-state index in [4.69, 9.17) is 4.98 Å².